The SMILES string of the molecule is Fc1ccc2nc(CCCl)n(-c3cccc(Br)c3)c2c1F. The van der Waals surface area contributed by atoms with E-state index in [1.807, 2.05) is 24.3 Å². The number of alkyl halides is 1. The van der Waals surface area contributed by atoms with Gasteiger partial charge in [0.15, 0.2) is 11.6 Å². The van der Waals surface area contributed by atoms with Gasteiger partial charge in [-0.2, -0.15) is 0 Å². The van der Waals surface area contributed by atoms with Crippen LogP contribution in [0, 0.1) is 11.6 Å². The molecular formula is C15H10BrClF2N2. The van der Waals surface area contributed by atoms with Crippen molar-refractivity contribution in [2.24, 2.45) is 0 Å². The van der Waals surface area contributed by atoms with Crippen molar-refractivity contribution in [3.8, 4) is 5.69 Å². The van der Waals surface area contributed by atoms with Crippen LogP contribution in [0.25, 0.3) is 16.7 Å². The Morgan fingerprint density at radius 3 is 2.71 bits per heavy atom. The molecule has 0 atom stereocenters. The molecule has 0 aliphatic rings. The topological polar surface area (TPSA) is 17.8 Å². The molecule has 21 heavy (non-hydrogen) atoms. The summed E-state index contributed by atoms with van der Waals surface area (Å²) in [6.45, 7) is 0. The van der Waals surface area contributed by atoms with Gasteiger partial charge in [-0.3, -0.25) is 4.57 Å². The number of imidazole rings is 1. The fourth-order valence-corrected chi connectivity index (χ4v) is 2.85. The Morgan fingerprint density at radius 1 is 1.19 bits per heavy atom. The van der Waals surface area contributed by atoms with Crippen molar-refractivity contribution >= 4 is 38.6 Å². The van der Waals surface area contributed by atoms with Crippen molar-refractivity contribution in [2.45, 2.75) is 6.42 Å². The third-order valence-electron chi connectivity index (χ3n) is 3.16. The lowest BCUT2D eigenvalue weighted by Crippen LogP contribution is -2.03. The van der Waals surface area contributed by atoms with E-state index in [0.717, 1.165) is 10.5 Å². The van der Waals surface area contributed by atoms with E-state index in [9.17, 15) is 8.78 Å². The van der Waals surface area contributed by atoms with E-state index >= 15 is 0 Å². The highest BCUT2D eigenvalue weighted by atomic mass is 79.9. The zero-order valence-electron chi connectivity index (χ0n) is 10.8. The number of hydrogen-bond acceptors (Lipinski definition) is 1. The van der Waals surface area contributed by atoms with Gasteiger partial charge in [-0.25, -0.2) is 13.8 Å². The minimum Gasteiger partial charge on any atom is -0.293 e. The summed E-state index contributed by atoms with van der Waals surface area (Å²) in [4.78, 5) is 4.37. The molecule has 0 spiro atoms. The largest absolute Gasteiger partial charge is 0.293 e. The lowest BCUT2D eigenvalue weighted by atomic mass is 10.2. The molecule has 0 amide bonds. The summed E-state index contributed by atoms with van der Waals surface area (Å²) in [5, 5.41) is 0. The Balaban J connectivity index is 2.37. The highest BCUT2D eigenvalue weighted by molar-refractivity contribution is 9.10. The maximum absolute atomic E-state index is 14.2. The summed E-state index contributed by atoms with van der Waals surface area (Å²) in [7, 11) is 0. The van der Waals surface area contributed by atoms with Gasteiger partial charge in [0.1, 0.15) is 11.3 Å². The highest BCUT2D eigenvalue weighted by Crippen LogP contribution is 2.27. The van der Waals surface area contributed by atoms with Crippen molar-refractivity contribution in [1.82, 2.24) is 9.55 Å². The minimum absolute atomic E-state index is 0.133. The van der Waals surface area contributed by atoms with E-state index < -0.39 is 11.6 Å². The van der Waals surface area contributed by atoms with Crippen LogP contribution in [0.2, 0.25) is 0 Å². The Bertz CT molecular complexity index is 817. The molecule has 0 aliphatic carbocycles. The summed E-state index contributed by atoms with van der Waals surface area (Å²) in [5.41, 5.74) is 1.25. The normalized spacial score (nSPS) is 11.2. The quantitative estimate of drug-likeness (QED) is 0.602. The molecule has 1 aromatic heterocycles. The standard InChI is InChI=1S/C15H10BrClF2N2/c16-9-2-1-3-10(8-9)21-13(6-7-17)20-12-5-4-11(18)14(19)15(12)21/h1-5,8H,6-7H2. The first-order valence-electron chi connectivity index (χ1n) is 6.29. The number of nitrogens with zero attached hydrogens (tertiary/aromatic N) is 2. The van der Waals surface area contributed by atoms with Crippen molar-refractivity contribution in [3.05, 3.63) is 58.3 Å². The van der Waals surface area contributed by atoms with Gasteiger partial charge in [0, 0.05) is 22.5 Å². The smallest absolute Gasteiger partial charge is 0.185 e. The molecule has 108 valence electrons. The molecule has 2 aromatic carbocycles. The molecule has 0 bridgehead atoms. The first-order chi connectivity index (χ1) is 10.1. The van der Waals surface area contributed by atoms with Crippen LogP contribution in [-0.4, -0.2) is 15.4 Å². The van der Waals surface area contributed by atoms with Crippen molar-refractivity contribution in [2.75, 3.05) is 5.88 Å². The van der Waals surface area contributed by atoms with Crippen molar-refractivity contribution in [3.63, 3.8) is 0 Å². The molecule has 2 nitrogen and oxygen atoms in total. The summed E-state index contributed by atoms with van der Waals surface area (Å²) >= 11 is 9.18. The van der Waals surface area contributed by atoms with Crippen LogP contribution in [0.1, 0.15) is 5.82 Å². The fourth-order valence-electron chi connectivity index (χ4n) is 2.30. The average Bonchev–Trinajstić information content (AvgIpc) is 2.82. The molecule has 0 radical (unpaired) electrons. The number of rotatable bonds is 3. The Morgan fingerprint density at radius 2 is 2.00 bits per heavy atom. The summed E-state index contributed by atoms with van der Waals surface area (Å²) in [6.07, 6.45) is 0.462. The minimum atomic E-state index is -0.902. The number of fused-ring (bicyclic) bond motifs is 1. The second-order valence-corrected chi connectivity index (χ2v) is 5.81. The van der Waals surface area contributed by atoms with E-state index in [1.165, 1.54) is 6.07 Å². The predicted octanol–water partition coefficient (Wildman–Crippen LogP) is 4.85. The van der Waals surface area contributed by atoms with Gasteiger partial charge >= 0.3 is 0 Å². The van der Waals surface area contributed by atoms with Gasteiger partial charge in [0.2, 0.25) is 0 Å². The van der Waals surface area contributed by atoms with E-state index in [2.05, 4.69) is 20.9 Å². The van der Waals surface area contributed by atoms with Crippen molar-refractivity contribution < 1.29 is 8.78 Å². The van der Waals surface area contributed by atoms with E-state index in [0.29, 0.717) is 29.3 Å². The maximum Gasteiger partial charge on any atom is 0.185 e. The third kappa shape index (κ3) is 2.56. The lowest BCUT2D eigenvalue weighted by Gasteiger charge is -2.09. The molecule has 3 rings (SSSR count). The molecule has 1 heterocycles. The number of halogens is 4. The third-order valence-corrected chi connectivity index (χ3v) is 3.85. The first-order valence-corrected chi connectivity index (χ1v) is 7.62. The number of benzene rings is 2. The highest BCUT2D eigenvalue weighted by Gasteiger charge is 2.18. The van der Waals surface area contributed by atoms with Crippen LogP contribution in [-0.2, 0) is 6.42 Å². The zero-order chi connectivity index (χ0) is 15.0. The maximum atomic E-state index is 14.2. The van der Waals surface area contributed by atoms with E-state index in [-0.39, 0.29) is 5.52 Å². The zero-order valence-corrected chi connectivity index (χ0v) is 13.1. The van der Waals surface area contributed by atoms with Gasteiger partial charge in [-0.05, 0) is 30.3 Å². The van der Waals surface area contributed by atoms with E-state index in [4.69, 9.17) is 11.6 Å². The molecule has 0 saturated heterocycles. The van der Waals surface area contributed by atoms with E-state index in [1.54, 1.807) is 4.57 Å². The summed E-state index contributed by atoms with van der Waals surface area (Å²) < 4.78 is 30.2. The predicted molar refractivity (Wildman–Crippen MR) is 83.1 cm³/mol. The van der Waals surface area contributed by atoms with Gasteiger partial charge in [-0.15, -0.1) is 11.6 Å². The number of aryl methyl sites for hydroxylation is 1. The van der Waals surface area contributed by atoms with Gasteiger partial charge in [-0.1, -0.05) is 22.0 Å². The molecule has 3 aromatic rings. The summed E-state index contributed by atoms with van der Waals surface area (Å²) in [6, 6.07) is 9.88. The van der Waals surface area contributed by atoms with Crippen LogP contribution < -0.4 is 0 Å². The number of hydrogen-bond donors (Lipinski definition) is 0. The number of aromatic nitrogens is 2. The molecule has 0 aliphatic heterocycles. The lowest BCUT2D eigenvalue weighted by molar-refractivity contribution is 0.514. The first kappa shape index (κ1) is 14.5. The molecule has 6 heteroatoms. The monoisotopic (exact) mass is 370 g/mol. The molecule has 0 unspecified atom stereocenters. The van der Waals surface area contributed by atoms with Gasteiger partial charge in [0.25, 0.3) is 0 Å². The van der Waals surface area contributed by atoms with Crippen molar-refractivity contribution in [1.29, 1.82) is 0 Å². The van der Waals surface area contributed by atoms with Gasteiger partial charge in [0.05, 0.1) is 5.52 Å². The summed E-state index contributed by atoms with van der Waals surface area (Å²) in [5.74, 6) is -0.846. The Kier molecular flexibility index (Phi) is 3.95. The van der Waals surface area contributed by atoms with Crippen LogP contribution >= 0.6 is 27.5 Å². The second kappa shape index (κ2) is 5.73. The molecule has 0 saturated carbocycles. The molecule has 0 fully saturated rings. The molecule has 0 N–H and O–H groups in total. The average molecular weight is 372 g/mol. The Labute approximate surface area is 133 Å². The van der Waals surface area contributed by atoms with Gasteiger partial charge < -0.3 is 0 Å². The van der Waals surface area contributed by atoms with Crippen LogP contribution in [0.5, 0.6) is 0 Å². The second-order valence-electron chi connectivity index (χ2n) is 4.51. The molecular weight excluding hydrogens is 362 g/mol. The van der Waals surface area contributed by atoms with Crippen LogP contribution in [0.15, 0.2) is 40.9 Å². The Hall–Kier alpha value is -1.46. The van der Waals surface area contributed by atoms with Crippen LogP contribution in [0.4, 0.5) is 8.78 Å². The fraction of sp³-hybridized carbons (Fsp3) is 0.133. The van der Waals surface area contributed by atoms with Crippen LogP contribution in [0.3, 0.4) is 0 Å².